The van der Waals surface area contributed by atoms with Crippen LogP contribution < -0.4 is 0 Å². The summed E-state index contributed by atoms with van der Waals surface area (Å²) in [5.41, 5.74) is 2.46. The van der Waals surface area contributed by atoms with Gasteiger partial charge in [0.1, 0.15) is 5.78 Å². The Labute approximate surface area is 195 Å². The van der Waals surface area contributed by atoms with Gasteiger partial charge in [-0.2, -0.15) is 0 Å². The third-order valence-corrected chi connectivity index (χ3v) is 6.06. The first-order valence-corrected chi connectivity index (χ1v) is 11.2. The molecule has 1 aromatic heterocycles. The highest BCUT2D eigenvalue weighted by atomic mass is 35.5. The Bertz CT molecular complexity index is 882. The highest BCUT2D eigenvalue weighted by Crippen LogP contribution is 2.29. The first kappa shape index (κ1) is 25.5. The van der Waals surface area contributed by atoms with Crippen LogP contribution in [-0.4, -0.2) is 64.1 Å². The molecule has 3 rings (SSSR count). The van der Waals surface area contributed by atoms with Crippen molar-refractivity contribution in [2.24, 2.45) is 7.05 Å². The van der Waals surface area contributed by atoms with Crippen LogP contribution in [0.2, 0.25) is 10.0 Å². The van der Waals surface area contributed by atoms with Gasteiger partial charge in [0.2, 0.25) is 0 Å². The van der Waals surface area contributed by atoms with Gasteiger partial charge in [0.05, 0.1) is 18.1 Å². The molecule has 6 nitrogen and oxygen atoms in total. The van der Waals surface area contributed by atoms with Crippen molar-refractivity contribution in [3.05, 3.63) is 51.5 Å². The molecular weight excluding hydrogens is 435 g/mol. The maximum absolute atomic E-state index is 11.3. The molecule has 0 unspecified atom stereocenters. The fourth-order valence-electron chi connectivity index (χ4n) is 3.58. The monoisotopic (exact) mass is 466 g/mol. The van der Waals surface area contributed by atoms with Gasteiger partial charge < -0.3 is 4.57 Å². The zero-order chi connectivity index (χ0) is 23.1. The van der Waals surface area contributed by atoms with Crippen molar-refractivity contribution in [3.8, 4) is 0 Å². The molecule has 0 radical (unpaired) electrons. The number of imidazole rings is 1. The maximum atomic E-state index is 11.3. The van der Waals surface area contributed by atoms with Crippen LogP contribution in [0, 0.1) is 0 Å². The molecule has 1 aromatic carbocycles. The first-order valence-electron chi connectivity index (χ1n) is 10.4. The SMILES string of the molecule is CC(=O)[C@H](Cc1cn(C)cn1)N(C)C.CC(=O)c1cc(Cl)c(CN2CCCC2)c(Cl)c1. The molecule has 31 heavy (non-hydrogen) atoms. The van der Waals surface area contributed by atoms with Crippen LogP contribution in [0.15, 0.2) is 24.7 Å². The second-order valence-electron chi connectivity index (χ2n) is 8.28. The summed E-state index contributed by atoms with van der Waals surface area (Å²) in [4.78, 5) is 31.1. The lowest BCUT2D eigenvalue weighted by Gasteiger charge is -2.20. The Hall–Kier alpha value is -1.73. The Morgan fingerprint density at radius 2 is 1.71 bits per heavy atom. The highest BCUT2D eigenvalue weighted by molar-refractivity contribution is 6.36. The summed E-state index contributed by atoms with van der Waals surface area (Å²) in [5, 5.41) is 1.18. The quantitative estimate of drug-likeness (QED) is 0.570. The van der Waals surface area contributed by atoms with Gasteiger partial charge in [0, 0.05) is 47.4 Å². The largest absolute Gasteiger partial charge is 0.340 e. The number of likely N-dealkylation sites (N-methyl/N-ethyl adjacent to an activating group) is 1. The van der Waals surface area contributed by atoms with Crippen molar-refractivity contribution >= 4 is 34.8 Å². The van der Waals surface area contributed by atoms with E-state index in [1.807, 2.05) is 36.8 Å². The van der Waals surface area contributed by atoms with Crippen molar-refractivity contribution in [1.82, 2.24) is 19.4 Å². The van der Waals surface area contributed by atoms with E-state index in [1.54, 1.807) is 25.4 Å². The van der Waals surface area contributed by atoms with Crippen LogP contribution in [0.4, 0.5) is 0 Å². The standard InChI is InChI=1S/C13H15Cl2NO.C10H17N3O/c1-9(17)10-6-12(14)11(13(15)7-10)8-16-4-2-3-5-16;1-8(14)10(12(2)3)5-9-6-13(4)7-11-9/h6-7H,2-5,8H2,1H3;6-7,10H,5H2,1-4H3/t;10-/m.0/s1. The van der Waals surface area contributed by atoms with Crippen molar-refractivity contribution in [2.75, 3.05) is 27.2 Å². The molecule has 0 saturated carbocycles. The zero-order valence-corrected chi connectivity index (χ0v) is 20.5. The number of hydrogen-bond acceptors (Lipinski definition) is 5. The van der Waals surface area contributed by atoms with E-state index in [0.29, 0.717) is 22.0 Å². The van der Waals surface area contributed by atoms with Gasteiger partial charge in [-0.3, -0.25) is 19.4 Å². The van der Waals surface area contributed by atoms with Gasteiger partial charge in [-0.15, -0.1) is 0 Å². The van der Waals surface area contributed by atoms with E-state index >= 15 is 0 Å². The fourth-order valence-corrected chi connectivity index (χ4v) is 4.19. The molecule has 0 bridgehead atoms. The average molecular weight is 467 g/mol. The maximum Gasteiger partial charge on any atom is 0.159 e. The van der Waals surface area contributed by atoms with Crippen LogP contribution in [-0.2, 0) is 24.8 Å². The molecule has 0 N–H and O–H groups in total. The van der Waals surface area contributed by atoms with E-state index in [0.717, 1.165) is 30.9 Å². The predicted molar refractivity (Wildman–Crippen MR) is 126 cm³/mol. The topological polar surface area (TPSA) is 58.4 Å². The number of rotatable bonds is 7. The third kappa shape index (κ3) is 7.72. The number of carbonyl (C=O) groups is 2. The number of hydrogen-bond donors (Lipinski definition) is 0. The molecule has 0 aliphatic carbocycles. The minimum Gasteiger partial charge on any atom is -0.340 e. The van der Waals surface area contributed by atoms with Gasteiger partial charge in [-0.25, -0.2) is 4.98 Å². The molecule has 8 heteroatoms. The minimum atomic E-state index is -0.0649. The number of Topliss-reactive ketones (excluding diaryl/α,β-unsaturated/α-hetero) is 2. The Morgan fingerprint density at radius 3 is 2.13 bits per heavy atom. The third-order valence-electron chi connectivity index (χ3n) is 5.38. The summed E-state index contributed by atoms with van der Waals surface area (Å²) in [6, 6.07) is 3.35. The molecule has 2 heterocycles. The molecule has 1 fully saturated rings. The summed E-state index contributed by atoms with van der Waals surface area (Å²) in [6.45, 7) is 6.10. The number of nitrogens with zero attached hydrogens (tertiary/aromatic N) is 4. The van der Waals surface area contributed by atoms with Crippen molar-refractivity contribution in [3.63, 3.8) is 0 Å². The van der Waals surface area contributed by atoms with E-state index in [2.05, 4.69) is 9.88 Å². The number of aryl methyl sites for hydroxylation is 1. The summed E-state index contributed by atoms with van der Waals surface area (Å²) in [5.74, 6) is 0.169. The molecule has 2 aromatic rings. The van der Waals surface area contributed by atoms with E-state index in [4.69, 9.17) is 23.2 Å². The first-order chi connectivity index (χ1) is 14.6. The van der Waals surface area contributed by atoms with Crippen LogP contribution in [0.5, 0.6) is 0 Å². The molecule has 0 amide bonds. The van der Waals surface area contributed by atoms with Crippen LogP contribution in [0.3, 0.4) is 0 Å². The van der Waals surface area contributed by atoms with E-state index in [1.165, 1.54) is 19.8 Å². The molecule has 1 aliphatic heterocycles. The number of benzene rings is 1. The summed E-state index contributed by atoms with van der Waals surface area (Å²) >= 11 is 12.4. The lowest BCUT2D eigenvalue weighted by atomic mass is 10.1. The molecule has 170 valence electrons. The lowest BCUT2D eigenvalue weighted by molar-refractivity contribution is -0.121. The van der Waals surface area contributed by atoms with Crippen molar-refractivity contribution in [2.45, 2.75) is 45.7 Å². The van der Waals surface area contributed by atoms with Crippen molar-refractivity contribution < 1.29 is 9.59 Å². The fraction of sp³-hybridized carbons (Fsp3) is 0.522. The highest BCUT2D eigenvalue weighted by Gasteiger charge is 2.18. The zero-order valence-electron chi connectivity index (χ0n) is 19.0. The predicted octanol–water partition coefficient (Wildman–Crippen LogP) is 4.27. The Kier molecular flexibility index (Phi) is 9.69. The molecule has 0 spiro atoms. The number of aromatic nitrogens is 2. The Balaban J connectivity index is 0.000000225. The number of likely N-dealkylation sites (tertiary alicyclic amines) is 1. The van der Waals surface area contributed by atoms with Gasteiger partial charge in [0.25, 0.3) is 0 Å². The second-order valence-corrected chi connectivity index (χ2v) is 9.10. The van der Waals surface area contributed by atoms with E-state index in [9.17, 15) is 9.59 Å². The molecule has 1 aliphatic rings. The smallest absolute Gasteiger partial charge is 0.159 e. The molecular formula is C23H32Cl2N4O2. The van der Waals surface area contributed by atoms with Crippen LogP contribution >= 0.6 is 23.2 Å². The van der Waals surface area contributed by atoms with Crippen LogP contribution in [0.25, 0.3) is 0 Å². The minimum absolute atomic E-state index is 0.0125. The Morgan fingerprint density at radius 1 is 1.13 bits per heavy atom. The number of halogens is 2. The van der Waals surface area contributed by atoms with Gasteiger partial charge in [-0.05, 0) is 66.0 Å². The van der Waals surface area contributed by atoms with Gasteiger partial charge in [0.15, 0.2) is 5.78 Å². The number of carbonyl (C=O) groups excluding carboxylic acids is 2. The van der Waals surface area contributed by atoms with Crippen LogP contribution in [0.1, 0.15) is 48.3 Å². The van der Waals surface area contributed by atoms with Gasteiger partial charge in [-0.1, -0.05) is 23.2 Å². The average Bonchev–Trinajstić information content (AvgIpc) is 3.34. The molecule has 1 saturated heterocycles. The number of ketones is 2. The molecule has 1 atom stereocenters. The lowest BCUT2D eigenvalue weighted by Crippen LogP contribution is -2.36. The van der Waals surface area contributed by atoms with Gasteiger partial charge >= 0.3 is 0 Å². The summed E-state index contributed by atoms with van der Waals surface area (Å²) in [6.07, 6.45) is 6.85. The summed E-state index contributed by atoms with van der Waals surface area (Å²) < 4.78 is 1.89. The second kappa shape index (κ2) is 11.8. The normalized spacial score (nSPS) is 15.0. The van der Waals surface area contributed by atoms with Crippen molar-refractivity contribution in [1.29, 1.82) is 0 Å². The summed E-state index contributed by atoms with van der Waals surface area (Å²) in [7, 11) is 5.75. The van der Waals surface area contributed by atoms with E-state index < -0.39 is 0 Å². The van der Waals surface area contributed by atoms with E-state index in [-0.39, 0.29) is 17.6 Å².